The molecule has 1 aliphatic carbocycles. The highest BCUT2D eigenvalue weighted by Gasteiger charge is 2.27. The molecule has 0 atom stereocenters. The van der Waals surface area contributed by atoms with Gasteiger partial charge >= 0.3 is 0 Å². The maximum absolute atomic E-state index is 6.06. The number of furan rings is 1. The van der Waals surface area contributed by atoms with Crippen LogP contribution in [0.2, 0.25) is 0 Å². The number of rotatable bonds is 2. The maximum atomic E-state index is 6.06. The van der Waals surface area contributed by atoms with E-state index >= 15 is 0 Å². The van der Waals surface area contributed by atoms with Gasteiger partial charge in [-0.2, -0.15) is 0 Å². The molecule has 1 aliphatic rings. The van der Waals surface area contributed by atoms with Crippen molar-refractivity contribution < 1.29 is 4.42 Å². The molecule has 0 bridgehead atoms. The Morgan fingerprint density at radius 3 is 1.58 bits per heavy atom. The van der Waals surface area contributed by atoms with Crippen LogP contribution in [0.1, 0.15) is 0 Å². The highest BCUT2D eigenvalue weighted by atomic mass is 16.3. The van der Waals surface area contributed by atoms with Gasteiger partial charge in [-0.25, -0.2) is 0 Å². The van der Waals surface area contributed by atoms with Crippen molar-refractivity contribution >= 4 is 54.3 Å². The summed E-state index contributed by atoms with van der Waals surface area (Å²) in [6.45, 7) is 0. The Morgan fingerprint density at radius 1 is 0.302 bits per heavy atom. The fraction of sp³-hybridized carbons (Fsp3) is 0. The highest BCUT2D eigenvalue weighted by molar-refractivity contribution is 6.31. The smallest absolute Gasteiger partial charge is 0.135 e. The topological polar surface area (TPSA) is 13.1 Å². The molecule has 0 spiro atoms. The quantitative estimate of drug-likeness (QED) is 0.197. The van der Waals surface area contributed by atoms with Crippen LogP contribution in [-0.4, -0.2) is 0 Å². The average molecular weight is 545 g/mol. The molecule has 0 radical (unpaired) electrons. The molecule has 1 heteroatoms. The lowest BCUT2D eigenvalue weighted by atomic mass is 9.90. The lowest BCUT2D eigenvalue weighted by Crippen LogP contribution is -1.85. The van der Waals surface area contributed by atoms with Gasteiger partial charge in [-0.05, 0) is 95.0 Å². The van der Waals surface area contributed by atoms with Gasteiger partial charge in [-0.15, -0.1) is 0 Å². The Kier molecular flexibility index (Phi) is 4.51. The zero-order chi connectivity index (χ0) is 28.1. The molecule has 1 aromatic heterocycles. The van der Waals surface area contributed by atoms with Gasteiger partial charge in [0.25, 0.3) is 0 Å². The lowest BCUT2D eigenvalue weighted by molar-refractivity contribution is 0.669. The second kappa shape index (κ2) is 8.44. The minimum absolute atomic E-state index is 0.927. The predicted molar refractivity (Wildman–Crippen MR) is 182 cm³/mol. The van der Waals surface area contributed by atoms with E-state index in [1.54, 1.807) is 0 Å². The molecule has 0 saturated heterocycles. The lowest BCUT2D eigenvalue weighted by Gasteiger charge is -2.13. The van der Waals surface area contributed by atoms with Crippen LogP contribution < -0.4 is 0 Å². The summed E-state index contributed by atoms with van der Waals surface area (Å²) in [5, 5.41) is 10.3. The molecular weight excluding hydrogens is 520 g/mol. The Morgan fingerprint density at radius 2 is 0.837 bits per heavy atom. The zero-order valence-electron chi connectivity index (χ0n) is 23.3. The van der Waals surface area contributed by atoms with Crippen LogP contribution in [0, 0.1) is 0 Å². The molecule has 10 rings (SSSR count). The number of hydrogen-bond acceptors (Lipinski definition) is 1. The first-order valence-electron chi connectivity index (χ1n) is 14.9. The van der Waals surface area contributed by atoms with E-state index in [1.165, 1.54) is 76.8 Å². The number of para-hydroxylation sites is 1. The SMILES string of the molecule is c1ccc2c(c1)oc1ccc(-c3ccc(-c4ccc5c6c(cccc46)-c4c-5c5ccccc5c5ccccc45)cc3)cc12. The standard InChI is InChI=1S/C42H24O/c1-3-11-33-29(8-1)30-9-2-4-12-34(30)42-36-22-21-28(32-13-7-14-35(40(32)36)41(33)42)26-18-16-25(17-19-26)27-20-23-39-37(24-27)31-10-5-6-15-38(31)43-39/h1-24H. The van der Waals surface area contributed by atoms with Crippen molar-refractivity contribution in [2.75, 3.05) is 0 Å². The number of hydrogen-bond donors (Lipinski definition) is 0. The predicted octanol–water partition coefficient (Wildman–Crippen LogP) is 12.0. The van der Waals surface area contributed by atoms with Crippen LogP contribution >= 0.6 is 0 Å². The average Bonchev–Trinajstić information content (AvgIpc) is 3.62. The summed E-state index contributed by atoms with van der Waals surface area (Å²) < 4.78 is 6.06. The van der Waals surface area contributed by atoms with Gasteiger partial charge in [0.1, 0.15) is 11.2 Å². The monoisotopic (exact) mass is 544 g/mol. The van der Waals surface area contributed by atoms with Crippen molar-refractivity contribution in [3.63, 3.8) is 0 Å². The van der Waals surface area contributed by atoms with E-state index in [0.29, 0.717) is 0 Å². The summed E-state index contributed by atoms with van der Waals surface area (Å²) in [7, 11) is 0. The first-order valence-corrected chi connectivity index (χ1v) is 14.9. The molecule has 0 N–H and O–H groups in total. The molecule has 0 amide bonds. The van der Waals surface area contributed by atoms with E-state index in [0.717, 1.165) is 21.9 Å². The normalized spacial score (nSPS) is 12.2. The van der Waals surface area contributed by atoms with Crippen LogP contribution in [0.5, 0.6) is 0 Å². The van der Waals surface area contributed by atoms with Crippen molar-refractivity contribution in [1.82, 2.24) is 0 Å². The van der Waals surface area contributed by atoms with Crippen molar-refractivity contribution in [2.24, 2.45) is 0 Å². The molecule has 0 fully saturated rings. The molecule has 0 aliphatic heterocycles. The zero-order valence-corrected chi connectivity index (χ0v) is 23.3. The molecule has 198 valence electrons. The summed E-state index contributed by atoms with van der Waals surface area (Å²) in [6.07, 6.45) is 0. The number of fused-ring (bicyclic) bond motifs is 11. The third-order valence-corrected chi connectivity index (χ3v) is 9.42. The van der Waals surface area contributed by atoms with Crippen molar-refractivity contribution in [2.45, 2.75) is 0 Å². The van der Waals surface area contributed by atoms with Crippen molar-refractivity contribution in [1.29, 1.82) is 0 Å². The fourth-order valence-electron chi connectivity index (χ4n) is 7.52. The fourth-order valence-corrected chi connectivity index (χ4v) is 7.52. The van der Waals surface area contributed by atoms with Crippen LogP contribution in [0.15, 0.2) is 150 Å². The largest absolute Gasteiger partial charge is 0.456 e. The van der Waals surface area contributed by atoms with Crippen LogP contribution in [0.25, 0.3) is 98.8 Å². The van der Waals surface area contributed by atoms with Crippen LogP contribution in [0.3, 0.4) is 0 Å². The van der Waals surface area contributed by atoms with Crippen LogP contribution in [0.4, 0.5) is 0 Å². The minimum Gasteiger partial charge on any atom is -0.456 e. The summed E-state index contributed by atoms with van der Waals surface area (Å²) in [5.41, 5.74) is 12.2. The van der Waals surface area contributed by atoms with E-state index in [2.05, 4.69) is 133 Å². The van der Waals surface area contributed by atoms with Gasteiger partial charge in [0.2, 0.25) is 0 Å². The third-order valence-electron chi connectivity index (χ3n) is 9.42. The van der Waals surface area contributed by atoms with Crippen molar-refractivity contribution in [3.8, 4) is 44.5 Å². The van der Waals surface area contributed by atoms with E-state index in [4.69, 9.17) is 4.42 Å². The van der Waals surface area contributed by atoms with Crippen LogP contribution in [-0.2, 0) is 0 Å². The van der Waals surface area contributed by atoms with Gasteiger partial charge in [0.15, 0.2) is 0 Å². The Balaban J connectivity index is 1.14. The minimum atomic E-state index is 0.927. The molecule has 0 unspecified atom stereocenters. The first-order chi connectivity index (χ1) is 21.3. The first kappa shape index (κ1) is 23.0. The summed E-state index contributed by atoms with van der Waals surface area (Å²) in [6, 6.07) is 53.0. The Hall–Kier alpha value is -5.66. The van der Waals surface area contributed by atoms with Gasteiger partial charge < -0.3 is 4.42 Å². The number of benzene rings is 8. The summed E-state index contributed by atoms with van der Waals surface area (Å²) in [5.74, 6) is 0. The van der Waals surface area contributed by atoms with Gasteiger partial charge in [-0.3, -0.25) is 0 Å². The molecule has 43 heavy (non-hydrogen) atoms. The molecule has 8 aromatic carbocycles. The van der Waals surface area contributed by atoms with Gasteiger partial charge in [-0.1, -0.05) is 127 Å². The summed E-state index contributed by atoms with van der Waals surface area (Å²) in [4.78, 5) is 0. The molecular formula is C42H24O. The highest BCUT2D eigenvalue weighted by Crippen LogP contribution is 2.54. The molecule has 1 heterocycles. The van der Waals surface area contributed by atoms with Crippen molar-refractivity contribution in [3.05, 3.63) is 146 Å². The second-order valence-corrected chi connectivity index (χ2v) is 11.6. The van der Waals surface area contributed by atoms with Gasteiger partial charge in [0.05, 0.1) is 0 Å². The van der Waals surface area contributed by atoms with E-state index in [9.17, 15) is 0 Å². The maximum Gasteiger partial charge on any atom is 0.135 e. The van der Waals surface area contributed by atoms with E-state index in [1.807, 2.05) is 12.1 Å². The van der Waals surface area contributed by atoms with E-state index < -0.39 is 0 Å². The summed E-state index contributed by atoms with van der Waals surface area (Å²) >= 11 is 0. The third kappa shape index (κ3) is 3.11. The molecule has 1 nitrogen and oxygen atoms in total. The van der Waals surface area contributed by atoms with Gasteiger partial charge in [0, 0.05) is 10.8 Å². The molecule has 9 aromatic rings. The molecule has 0 saturated carbocycles. The Labute approximate surface area is 248 Å². The van der Waals surface area contributed by atoms with E-state index in [-0.39, 0.29) is 0 Å². The Bertz CT molecular complexity index is 2530. The second-order valence-electron chi connectivity index (χ2n) is 11.6.